The van der Waals surface area contributed by atoms with Crippen molar-refractivity contribution >= 4 is 0 Å². The van der Waals surface area contributed by atoms with E-state index in [1.807, 2.05) is 6.20 Å². The van der Waals surface area contributed by atoms with Gasteiger partial charge < -0.3 is 10.1 Å². The molecule has 1 aromatic heterocycles. The highest BCUT2D eigenvalue weighted by molar-refractivity contribution is 5.23. The van der Waals surface area contributed by atoms with Crippen LogP contribution in [0.15, 0.2) is 18.3 Å². The summed E-state index contributed by atoms with van der Waals surface area (Å²) in [4.78, 5) is 4.35. The topological polar surface area (TPSA) is 34.2 Å². The first kappa shape index (κ1) is 14.3. The van der Waals surface area contributed by atoms with Gasteiger partial charge in [-0.15, -0.1) is 0 Å². The van der Waals surface area contributed by atoms with E-state index in [0.29, 0.717) is 12.1 Å². The van der Waals surface area contributed by atoms with Gasteiger partial charge in [0.1, 0.15) is 6.10 Å². The van der Waals surface area contributed by atoms with Gasteiger partial charge >= 0.3 is 0 Å². The Hall–Kier alpha value is -1.09. The number of aromatic nitrogens is 1. The molecular formula is C16H26N2O. The van der Waals surface area contributed by atoms with Crippen LogP contribution < -0.4 is 10.1 Å². The Morgan fingerprint density at radius 3 is 2.89 bits per heavy atom. The lowest BCUT2D eigenvalue weighted by Crippen LogP contribution is -2.21. The van der Waals surface area contributed by atoms with Gasteiger partial charge in [0.05, 0.1) is 0 Å². The maximum atomic E-state index is 6.01. The maximum Gasteiger partial charge on any atom is 0.213 e. The van der Waals surface area contributed by atoms with Crippen LogP contribution in [-0.4, -0.2) is 17.6 Å². The highest BCUT2D eigenvalue weighted by Gasteiger charge is 2.16. The standard InChI is InChI=1S/C16H26N2O/c1-3-10-17-13(2)14-9-11-18-16(12-14)19-15-7-5-4-6-8-15/h9,11-13,15,17H,3-8,10H2,1-2H3. The van der Waals surface area contributed by atoms with Crippen molar-refractivity contribution in [2.24, 2.45) is 0 Å². The summed E-state index contributed by atoms with van der Waals surface area (Å²) in [5.74, 6) is 0.787. The summed E-state index contributed by atoms with van der Waals surface area (Å²) in [5, 5.41) is 3.50. The molecule has 0 aliphatic heterocycles. The Morgan fingerprint density at radius 2 is 2.16 bits per heavy atom. The molecule has 0 bridgehead atoms. The Balaban J connectivity index is 1.93. The van der Waals surface area contributed by atoms with E-state index < -0.39 is 0 Å². The van der Waals surface area contributed by atoms with Crippen LogP contribution in [0.2, 0.25) is 0 Å². The Bertz CT molecular complexity index is 375. The molecule has 1 atom stereocenters. The summed E-state index contributed by atoms with van der Waals surface area (Å²) in [7, 11) is 0. The van der Waals surface area contributed by atoms with Gasteiger partial charge in [-0.2, -0.15) is 0 Å². The lowest BCUT2D eigenvalue weighted by molar-refractivity contribution is 0.148. The smallest absolute Gasteiger partial charge is 0.213 e. The van der Waals surface area contributed by atoms with Crippen molar-refractivity contribution in [2.45, 2.75) is 64.5 Å². The quantitative estimate of drug-likeness (QED) is 0.845. The van der Waals surface area contributed by atoms with Crippen molar-refractivity contribution in [3.63, 3.8) is 0 Å². The summed E-state index contributed by atoms with van der Waals surface area (Å²) in [5.41, 5.74) is 1.26. The molecule has 0 spiro atoms. The first-order valence-corrected chi connectivity index (χ1v) is 7.65. The normalized spacial score (nSPS) is 18.2. The fourth-order valence-electron chi connectivity index (χ4n) is 2.59. The second-order valence-corrected chi connectivity index (χ2v) is 5.48. The molecule has 0 aromatic carbocycles. The number of nitrogens with one attached hydrogen (secondary N) is 1. The minimum absolute atomic E-state index is 0.358. The number of rotatable bonds is 6. The van der Waals surface area contributed by atoms with Crippen LogP contribution in [-0.2, 0) is 0 Å². The van der Waals surface area contributed by atoms with Crippen molar-refractivity contribution in [1.29, 1.82) is 0 Å². The zero-order valence-corrected chi connectivity index (χ0v) is 12.2. The van der Waals surface area contributed by atoms with Gasteiger partial charge in [0.15, 0.2) is 0 Å². The molecule has 1 aliphatic carbocycles. The molecule has 1 aliphatic rings. The summed E-state index contributed by atoms with van der Waals surface area (Å²) < 4.78 is 6.01. The van der Waals surface area contributed by atoms with Gasteiger partial charge in [0.25, 0.3) is 0 Å². The van der Waals surface area contributed by atoms with Crippen LogP contribution in [0.4, 0.5) is 0 Å². The Kier molecular flexibility index (Phi) is 5.64. The fraction of sp³-hybridized carbons (Fsp3) is 0.688. The minimum Gasteiger partial charge on any atom is -0.474 e. The van der Waals surface area contributed by atoms with Gasteiger partial charge in [-0.3, -0.25) is 0 Å². The molecule has 1 saturated carbocycles. The van der Waals surface area contributed by atoms with E-state index in [0.717, 1.165) is 18.8 Å². The molecule has 3 nitrogen and oxygen atoms in total. The lowest BCUT2D eigenvalue weighted by Gasteiger charge is -2.23. The number of hydrogen-bond donors (Lipinski definition) is 1. The van der Waals surface area contributed by atoms with Crippen LogP contribution in [0, 0.1) is 0 Å². The molecule has 0 saturated heterocycles. The third-order valence-electron chi connectivity index (χ3n) is 3.80. The van der Waals surface area contributed by atoms with Crippen molar-refractivity contribution in [2.75, 3.05) is 6.54 Å². The molecule has 1 fully saturated rings. The van der Waals surface area contributed by atoms with Gasteiger partial charge in [0, 0.05) is 18.3 Å². The second-order valence-electron chi connectivity index (χ2n) is 5.48. The van der Waals surface area contributed by atoms with Gasteiger partial charge in [0.2, 0.25) is 5.88 Å². The summed E-state index contributed by atoms with van der Waals surface area (Å²) in [6.45, 7) is 5.42. The molecule has 106 valence electrons. The Morgan fingerprint density at radius 1 is 1.37 bits per heavy atom. The van der Waals surface area contributed by atoms with Crippen LogP contribution in [0.3, 0.4) is 0 Å². The van der Waals surface area contributed by atoms with Crippen molar-refractivity contribution < 1.29 is 4.74 Å². The van der Waals surface area contributed by atoms with Crippen LogP contribution in [0.1, 0.15) is 64.0 Å². The van der Waals surface area contributed by atoms with Crippen molar-refractivity contribution in [3.05, 3.63) is 23.9 Å². The molecule has 2 rings (SSSR count). The van der Waals surface area contributed by atoms with E-state index in [9.17, 15) is 0 Å². The van der Waals surface area contributed by atoms with E-state index in [-0.39, 0.29) is 0 Å². The van der Waals surface area contributed by atoms with E-state index in [4.69, 9.17) is 4.74 Å². The molecule has 1 N–H and O–H groups in total. The maximum absolute atomic E-state index is 6.01. The third-order valence-corrected chi connectivity index (χ3v) is 3.80. The van der Waals surface area contributed by atoms with E-state index in [2.05, 4.69) is 36.3 Å². The van der Waals surface area contributed by atoms with Gasteiger partial charge in [-0.05, 0) is 57.2 Å². The Labute approximate surface area is 116 Å². The molecule has 0 amide bonds. The fourth-order valence-corrected chi connectivity index (χ4v) is 2.59. The molecule has 19 heavy (non-hydrogen) atoms. The number of pyridine rings is 1. The van der Waals surface area contributed by atoms with Crippen LogP contribution in [0.5, 0.6) is 5.88 Å². The molecular weight excluding hydrogens is 236 g/mol. The third kappa shape index (κ3) is 4.50. The first-order chi connectivity index (χ1) is 9.29. The molecule has 1 unspecified atom stereocenters. The van der Waals surface area contributed by atoms with Crippen LogP contribution in [0.25, 0.3) is 0 Å². The number of hydrogen-bond acceptors (Lipinski definition) is 3. The highest BCUT2D eigenvalue weighted by atomic mass is 16.5. The van der Waals surface area contributed by atoms with E-state index in [1.54, 1.807) is 0 Å². The summed E-state index contributed by atoms with van der Waals surface area (Å²) in [6.07, 6.45) is 9.67. The molecule has 1 heterocycles. The number of ether oxygens (including phenoxy) is 1. The zero-order valence-electron chi connectivity index (χ0n) is 12.2. The van der Waals surface area contributed by atoms with Gasteiger partial charge in [-0.1, -0.05) is 13.3 Å². The van der Waals surface area contributed by atoms with E-state index in [1.165, 1.54) is 37.7 Å². The van der Waals surface area contributed by atoms with Crippen molar-refractivity contribution in [3.8, 4) is 5.88 Å². The first-order valence-electron chi connectivity index (χ1n) is 7.65. The SMILES string of the molecule is CCCNC(C)c1ccnc(OC2CCCCC2)c1. The van der Waals surface area contributed by atoms with Crippen molar-refractivity contribution in [1.82, 2.24) is 10.3 Å². The highest BCUT2D eigenvalue weighted by Crippen LogP contribution is 2.23. The monoisotopic (exact) mass is 262 g/mol. The average Bonchev–Trinajstić information content (AvgIpc) is 2.46. The predicted molar refractivity (Wildman–Crippen MR) is 78.4 cm³/mol. The summed E-state index contributed by atoms with van der Waals surface area (Å²) >= 11 is 0. The average molecular weight is 262 g/mol. The molecule has 1 aromatic rings. The summed E-state index contributed by atoms with van der Waals surface area (Å²) in [6, 6.07) is 4.51. The zero-order chi connectivity index (χ0) is 13.5. The predicted octanol–water partition coefficient (Wildman–Crippen LogP) is 3.85. The van der Waals surface area contributed by atoms with Crippen LogP contribution >= 0.6 is 0 Å². The lowest BCUT2D eigenvalue weighted by atomic mass is 9.98. The molecule has 3 heteroatoms. The van der Waals surface area contributed by atoms with Gasteiger partial charge in [-0.25, -0.2) is 4.98 Å². The second kappa shape index (κ2) is 7.49. The number of nitrogens with zero attached hydrogens (tertiary/aromatic N) is 1. The molecule has 0 radical (unpaired) electrons. The largest absolute Gasteiger partial charge is 0.474 e. The van der Waals surface area contributed by atoms with E-state index >= 15 is 0 Å². The minimum atomic E-state index is 0.358.